The molecule has 0 radical (unpaired) electrons. The summed E-state index contributed by atoms with van der Waals surface area (Å²) in [6.07, 6.45) is 1.58. The second kappa shape index (κ2) is 6.53. The molecule has 6 nitrogen and oxygen atoms in total. The topological polar surface area (TPSA) is 81.0 Å². The van der Waals surface area contributed by atoms with Gasteiger partial charge in [-0.1, -0.05) is 11.6 Å². The third-order valence-corrected chi connectivity index (χ3v) is 3.74. The van der Waals surface area contributed by atoms with Crippen LogP contribution < -0.4 is 5.32 Å². The number of nitrogens with zero attached hydrogens (tertiary/aromatic N) is 3. The van der Waals surface area contributed by atoms with Crippen LogP contribution in [0.25, 0.3) is 0 Å². The van der Waals surface area contributed by atoms with E-state index in [9.17, 15) is 10.1 Å². The second-order valence-corrected chi connectivity index (χ2v) is 5.09. The molecule has 0 fully saturated rings. The predicted octanol–water partition coefficient (Wildman–Crippen LogP) is 3.62. The van der Waals surface area contributed by atoms with Crippen molar-refractivity contribution in [3.63, 3.8) is 0 Å². The lowest BCUT2D eigenvalue weighted by Crippen LogP contribution is -2.01. The van der Waals surface area contributed by atoms with Crippen LogP contribution in [0.4, 0.5) is 11.5 Å². The lowest BCUT2D eigenvalue weighted by Gasteiger charge is -2.06. The molecule has 0 saturated carbocycles. The summed E-state index contributed by atoms with van der Waals surface area (Å²) in [5.74, 6) is 0.577. The van der Waals surface area contributed by atoms with Gasteiger partial charge in [-0.25, -0.2) is 9.97 Å². The molecule has 20 heavy (non-hydrogen) atoms. The molecule has 0 bridgehead atoms. The van der Waals surface area contributed by atoms with Crippen LogP contribution in [0.5, 0.6) is 0 Å². The Morgan fingerprint density at radius 2 is 2.20 bits per heavy atom. The van der Waals surface area contributed by atoms with Gasteiger partial charge in [-0.2, -0.15) is 0 Å². The van der Waals surface area contributed by atoms with Crippen LogP contribution in [-0.4, -0.2) is 21.4 Å². The molecule has 2 aromatic heterocycles. The highest BCUT2D eigenvalue weighted by Crippen LogP contribution is 2.36. The van der Waals surface area contributed by atoms with Crippen molar-refractivity contribution >= 4 is 34.9 Å². The van der Waals surface area contributed by atoms with Gasteiger partial charge in [0.25, 0.3) is 0 Å². The van der Waals surface area contributed by atoms with Crippen molar-refractivity contribution < 1.29 is 4.92 Å². The number of rotatable bonds is 5. The Balaban J connectivity index is 2.40. The third-order valence-electron chi connectivity index (χ3n) is 2.31. The van der Waals surface area contributed by atoms with Gasteiger partial charge in [-0.3, -0.25) is 10.1 Å². The van der Waals surface area contributed by atoms with Crippen molar-refractivity contribution in [3.8, 4) is 0 Å². The van der Waals surface area contributed by atoms with Crippen LogP contribution in [0.3, 0.4) is 0 Å². The van der Waals surface area contributed by atoms with E-state index in [2.05, 4.69) is 15.3 Å². The third kappa shape index (κ3) is 3.37. The number of nitro groups is 1. The van der Waals surface area contributed by atoms with Crippen LogP contribution >= 0.6 is 23.4 Å². The van der Waals surface area contributed by atoms with Crippen molar-refractivity contribution in [1.82, 2.24) is 9.97 Å². The van der Waals surface area contributed by atoms with Crippen LogP contribution in [0.2, 0.25) is 5.02 Å². The molecule has 0 aliphatic rings. The van der Waals surface area contributed by atoms with E-state index in [0.717, 1.165) is 11.8 Å². The van der Waals surface area contributed by atoms with Crippen LogP contribution in [0.15, 0.2) is 40.5 Å². The molecule has 0 aliphatic heterocycles. The van der Waals surface area contributed by atoms with E-state index in [4.69, 9.17) is 11.6 Å². The maximum Gasteiger partial charge on any atom is 0.301 e. The predicted molar refractivity (Wildman–Crippen MR) is 78.4 cm³/mol. The first-order chi connectivity index (χ1) is 9.61. The largest absolute Gasteiger partial charge is 0.370 e. The van der Waals surface area contributed by atoms with Crippen molar-refractivity contribution in [2.75, 3.05) is 11.9 Å². The zero-order chi connectivity index (χ0) is 14.5. The molecule has 2 rings (SSSR count). The number of halogens is 1. The summed E-state index contributed by atoms with van der Waals surface area (Å²) in [6, 6.07) is 6.37. The molecular formula is C12H11ClN4O2S. The molecule has 0 spiro atoms. The SMILES string of the molecule is CCNc1ccc([N+](=O)[O-])c(Sc2ncccc2Cl)n1. The van der Waals surface area contributed by atoms with E-state index < -0.39 is 4.92 Å². The lowest BCUT2D eigenvalue weighted by atomic mass is 10.4. The molecule has 2 aromatic rings. The Hall–Kier alpha value is -1.86. The molecule has 0 aromatic carbocycles. The van der Waals surface area contributed by atoms with Gasteiger partial charge in [-0.05, 0) is 36.9 Å². The van der Waals surface area contributed by atoms with E-state index in [1.165, 1.54) is 6.07 Å². The minimum Gasteiger partial charge on any atom is -0.370 e. The summed E-state index contributed by atoms with van der Waals surface area (Å²) < 4.78 is 0. The van der Waals surface area contributed by atoms with E-state index in [0.29, 0.717) is 22.4 Å². The summed E-state index contributed by atoms with van der Waals surface area (Å²) in [4.78, 5) is 18.9. The van der Waals surface area contributed by atoms with Gasteiger partial charge < -0.3 is 5.32 Å². The van der Waals surface area contributed by atoms with Crippen molar-refractivity contribution in [2.45, 2.75) is 17.0 Å². The average Bonchev–Trinajstić information content (AvgIpc) is 2.42. The zero-order valence-corrected chi connectivity index (χ0v) is 12.1. The van der Waals surface area contributed by atoms with E-state index in [-0.39, 0.29) is 10.7 Å². The van der Waals surface area contributed by atoms with Crippen molar-refractivity contribution in [1.29, 1.82) is 0 Å². The van der Waals surface area contributed by atoms with Gasteiger partial charge in [0.2, 0.25) is 0 Å². The molecule has 0 atom stereocenters. The highest BCUT2D eigenvalue weighted by Gasteiger charge is 2.18. The fourth-order valence-electron chi connectivity index (χ4n) is 1.46. The first-order valence-corrected chi connectivity index (χ1v) is 6.99. The number of hydrogen-bond acceptors (Lipinski definition) is 6. The summed E-state index contributed by atoms with van der Waals surface area (Å²) in [5.41, 5.74) is -0.0710. The summed E-state index contributed by atoms with van der Waals surface area (Å²) in [6.45, 7) is 2.60. The number of aromatic nitrogens is 2. The Kier molecular flexibility index (Phi) is 4.75. The smallest absolute Gasteiger partial charge is 0.301 e. The normalized spacial score (nSPS) is 10.3. The van der Waals surface area contributed by atoms with E-state index >= 15 is 0 Å². The molecule has 0 aliphatic carbocycles. The maximum absolute atomic E-state index is 11.0. The van der Waals surface area contributed by atoms with Gasteiger partial charge in [0.15, 0.2) is 5.03 Å². The van der Waals surface area contributed by atoms with Gasteiger partial charge in [0, 0.05) is 18.8 Å². The molecule has 0 unspecified atom stereocenters. The number of anilines is 1. The maximum atomic E-state index is 11.0. The summed E-state index contributed by atoms with van der Waals surface area (Å²) in [5, 5.41) is 15.2. The molecule has 8 heteroatoms. The fraction of sp³-hybridized carbons (Fsp3) is 0.167. The number of hydrogen-bond donors (Lipinski definition) is 1. The summed E-state index contributed by atoms with van der Waals surface area (Å²) >= 11 is 7.08. The average molecular weight is 311 g/mol. The van der Waals surface area contributed by atoms with E-state index in [1.807, 2.05) is 6.92 Å². The second-order valence-electron chi connectivity index (χ2n) is 3.70. The molecule has 104 valence electrons. The van der Waals surface area contributed by atoms with Crippen LogP contribution in [0.1, 0.15) is 6.92 Å². The Labute approximate surface area is 124 Å². The highest BCUT2D eigenvalue weighted by atomic mass is 35.5. The van der Waals surface area contributed by atoms with Crippen molar-refractivity contribution in [2.24, 2.45) is 0 Å². The first kappa shape index (κ1) is 14.5. The minimum atomic E-state index is -0.470. The van der Waals surface area contributed by atoms with Gasteiger partial charge in [0.1, 0.15) is 10.8 Å². The molecule has 1 N–H and O–H groups in total. The number of pyridine rings is 2. The standard InChI is InChI=1S/C12H11ClN4O2S/c1-2-14-10-6-5-9(17(18)19)12(16-10)20-11-8(13)4-3-7-15-11/h3-7H,2H2,1H3,(H,14,16). The lowest BCUT2D eigenvalue weighted by molar-refractivity contribution is -0.388. The Bertz CT molecular complexity index is 639. The van der Waals surface area contributed by atoms with Crippen LogP contribution in [0, 0.1) is 10.1 Å². The first-order valence-electron chi connectivity index (χ1n) is 5.79. The molecule has 0 amide bonds. The summed E-state index contributed by atoms with van der Waals surface area (Å²) in [7, 11) is 0. The molecular weight excluding hydrogens is 300 g/mol. The minimum absolute atomic E-state index is 0.0710. The Morgan fingerprint density at radius 3 is 2.85 bits per heavy atom. The highest BCUT2D eigenvalue weighted by molar-refractivity contribution is 7.99. The molecule has 2 heterocycles. The molecule has 0 saturated heterocycles. The van der Waals surface area contributed by atoms with E-state index in [1.54, 1.807) is 24.4 Å². The Morgan fingerprint density at radius 1 is 1.40 bits per heavy atom. The number of nitrogens with one attached hydrogen (secondary N) is 1. The van der Waals surface area contributed by atoms with Gasteiger partial charge in [-0.15, -0.1) is 0 Å². The van der Waals surface area contributed by atoms with Crippen LogP contribution in [-0.2, 0) is 0 Å². The van der Waals surface area contributed by atoms with Gasteiger partial charge >= 0.3 is 5.69 Å². The fourth-order valence-corrected chi connectivity index (χ4v) is 2.56. The zero-order valence-electron chi connectivity index (χ0n) is 10.5. The quantitative estimate of drug-likeness (QED) is 0.671. The van der Waals surface area contributed by atoms with Gasteiger partial charge in [0.05, 0.1) is 9.95 Å². The monoisotopic (exact) mass is 310 g/mol. The van der Waals surface area contributed by atoms with Crippen molar-refractivity contribution in [3.05, 3.63) is 45.6 Å².